The number of furan rings is 1. The maximum absolute atomic E-state index is 12.1. The van der Waals surface area contributed by atoms with Crippen LogP contribution in [0.25, 0.3) is 21.7 Å². The minimum atomic E-state index is -0.0639. The summed E-state index contributed by atoms with van der Waals surface area (Å²) >= 11 is 0. The molecule has 0 aliphatic carbocycles. The first-order chi connectivity index (χ1) is 21.8. The number of amides is 2. The molecule has 2 amide bonds. The molecule has 4 N–H and O–H groups in total. The molecule has 0 spiro atoms. The number of hydrogen-bond donors (Lipinski definition) is 3. The molecule has 2 heterocycles. The van der Waals surface area contributed by atoms with Gasteiger partial charge in [0.15, 0.2) is 6.19 Å². The summed E-state index contributed by atoms with van der Waals surface area (Å²) in [5, 5.41) is 17.0. The Morgan fingerprint density at radius 3 is 2.49 bits per heavy atom. The number of hydrogen-bond acceptors (Lipinski definition) is 5. The second-order valence-electron chi connectivity index (χ2n) is 10.4. The van der Waals surface area contributed by atoms with Crippen molar-refractivity contribution in [3.8, 4) is 19.0 Å². The van der Waals surface area contributed by atoms with E-state index in [1.54, 1.807) is 17.2 Å². The van der Waals surface area contributed by atoms with Gasteiger partial charge in [0.2, 0.25) is 17.8 Å². The van der Waals surface area contributed by atoms with Crippen LogP contribution in [0.1, 0.15) is 57.3 Å². The average Bonchev–Trinajstić information content (AvgIpc) is 3.29. The summed E-state index contributed by atoms with van der Waals surface area (Å²) in [5.41, 5.74) is 8.15. The Morgan fingerprint density at radius 1 is 1.02 bits per heavy atom. The zero-order valence-electron chi connectivity index (χ0n) is 26.5. The highest BCUT2D eigenvalue weighted by Crippen LogP contribution is 2.24. The predicted octanol–water partition coefficient (Wildman–Crippen LogP) is 6.32. The Balaban J connectivity index is 0.000000291. The first-order valence-electron chi connectivity index (χ1n) is 15.2. The second-order valence-corrected chi connectivity index (χ2v) is 10.4. The highest BCUT2D eigenvalue weighted by atomic mass is 16.3. The summed E-state index contributed by atoms with van der Waals surface area (Å²) in [6.45, 7) is 7.63. The summed E-state index contributed by atoms with van der Waals surface area (Å²) in [6.07, 6.45) is 15.3. The monoisotopic (exact) mass is 608 g/mol. The Morgan fingerprint density at radius 2 is 1.76 bits per heavy atom. The van der Waals surface area contributed by atoms with Crippen LogP contribution in [0.5, 0.6) is 0 Å². The molecule has 9 nitrogen and oxygen atoms in total. The summed E-state index contributed by atoms with van der Waals surface area (Å²) < 4.78 is 5.43. The fraction of sp³-hybridized carbons (Fsp3) is 0.333. The van der Waals surface area contributed by atoms with Crippen molar-refractivity contribution < 1.29 is 14.0 Å². The number of carbonyl (C=O) groups is 2. The number of aliphatic imine (C=N–C) groups is 1. The number of terminal acetylenes is 1. The lowest BCUT2D eigenvalue weighted by Gasteiger charge is -2.19. The molecular formula is C36H44N6O3. The first-order valence-corrected chi connectivity index (χ1v) is 15.2. The Hall–Kier alpha value is -5.28. The number of guanidine groups is 1. The van der Waals surface area contributed by atoms with E-state index in [1.807, 2.05) is 37.3 Å². The van der Waals surface area contributed by atoms with Gasteiger partial charge in [0.05, 0.1) is 12.2 Å². The second kappa shape index (κ2) is 19.8. The number of fused-ring (bicyclic) bond motifs is 2. The smallest absolute Gasteiger partial charge is 0.239 e. The molecule has 45 heavy (non-hydrogen) atoms. The maximum atomic E-state index is 12.1. The van der Waals surface area contributed by atoms with Crippen LogP contribution in [0.4, 0.5) is 5.69 Å². The largest absolute Gasteiger partial charge is 0.461 e. The third kappa shape index (κ3) is 12.5. The van der Waals surface area contributed by atoms with Crippen molar-refractivity contribution in [3.63, 3.8) is 0 Å². The summed E-state index contributed by atoms with van der Waals surface area (Å²) in [7, 11) is 0. The lowest BCUT2D eigenvalue weighted by atomic mass is 10.1. The van der Waals surface area contributed by atoms with Crippen molar-refractivity contribution in [2.45, 2.75) is 59.3 Å². The van der Waals surface area contributed by atoms with E-state index in [2.05, 4.69) is 72.7 Å². The van der Waals surface area contributed by atoms with E-state index in [4.69, 9.17) is 15.4 Å². The van der Waals surface area contributed by atoms with Crippen molar-refractivity contribution in [1.29, 1.82) is 5.26 Å². The van der Waals surface area contributed by atoms with Crippen LogP contribution >= 0.6 is 0 Å². The summed E-state index contributed by atoms with van der Waals surface area (Å²) in [6, 6.07) is 22.0. The Kier molecular flexibility index (Phi) is 15.8. The van der Waals surface area contributed by atoms with E-state index in [1.165, 1.54) is 22.8 Å². The van der Waals surface area contributed by atoms with E-state index < -0.39 is 0 Å². The van der Waals surface area contributed by atoms with Gasteiger partial charge in [0.1, 0.15) is 11.3 Å². The molecule has 3 aromatic carbocycles. The van der Waals surface area contributed by atoms with Crippen molar-refractivity contribution in [3.05, 3.63) is 78.1 Å². The molecule has 1 aromatic heterocycles. The third-order valence-electron chi connectivity index (χ3n) is 6.61. The zero-order chi connectivity index (χ0) is 33.0. The van der Waals surface area contributed by atoms with Crippen LogP contribution in [0.2, 0.25) is 0 Å². The number of aryl methyl sites for hydroxylation is 1. The van der Waals surface area contributed by atoms with Gasteiger partial charge in [-0.25, -0.2) is 4.99 Å². The molecule has 9 heteroatoms. The minimum Gasteiger partial charge on any atom is -0.461 e. The van der Waals surface area contributed by atoms with Gasteiger partial charge in [0, 0.05) is 24.9 Å². The first kappa shape index (κ1) is 35.9. The molecular weight excluding hydrogens is 564 g/mol. The van der Waals surface area contributed by atoms with Gasteiger partial charge in [-0.05, 0) is 66.8 Å². The zero-order valence-corrected chi connectivity index (χ0v) is 26.5. The SMILES string of the molecule is C#C.CCC.Cc1cc2cc(N=C(N)NC#N)ccc2o1.O=C(CN1CCCCCC1=O)NCCc1ccc2ccccc2c1. The fourth-order valence-electron chi connectivity index (χ4n) is 4.63. The van der Waals surface area contributed by atoms with Gasteiger partial charge in [0.25, 0.3) is 0 Å². The third-order valence-corrected chi connectivity index (χ3v) is 6.61. The molecule has 5 rings (SSSR count). The van der Waals surface area contributed by atoms with E-state index in [9.17, 15) is 9.59 Å². The normalized spacial score (nSPS) is 12.7. The van der Waals surface area contributed by atoms with Gasteiger partial charge in [-0.1, -0.05) is 69.2 Å². The molecule has 0 radical (unpaired) electrons. The van der Waals surface area contributed by atoms with Gasteiger partial charge < -0.3 is 20.4 Å². The summed E-state index contributed by atoms with van der Waals surface area (Å²) in [4.78, 5) is 29.7. The number of nitrogens with zero attached hydrogens (tertiary/aromatic N) is 3. The van der Waals surface area contributed by atoms with Gasteiger partial charge >= 0.3 is 0 Å². The molecule has 236 valence electrons. The van der Waals surface area contributed by atoms with Crippen LogP contribution in [-0.4, -0.2) is 42.3 Å². The number of rotatable bonds is 6. The molecule has 1 aliphatic rings. The van der Waals surface area contributed by atoms with E-state index in [0.717, 1.165) is 42.4 Å². The Bertz CT molecular complexity index is 1620. The minimum absolute atomic E-state index is 0.0639. The molecule has 4 aromatic rings. The summed E-state index contributed by atoms with van der Waals surface area (Å²) in [5.74, 6) is 0.963. The van der Waals surface area contributed by atoms with Gasteiger partial charge in [-0.2, -0.15) is 5.26 Å². The highest BCUT2D eigenvalue weighted by molar-refractivity contribution is 5.86. The fourth-order valence-corrected chi connectivity index (χ4v) is 4.63. The van der Waals surface area contributed by atoms with Crippen molar-refractivity contribution in [2.75, 3.05) is 19.6 Å². The molecule has 0 saturated carbocycles. The highest BCUT2D eigenvalue weighted by Gasteiger charge is 2.18. The van der Waals surface area contributed by atoms with Crippen LogP contribution in [0, 0.1) is 31.2 Å². The molecule has 0 bridgehead atoms. The Labute approximate surface area is 266 Å². The van der Waals surface area contributed by atoms with Crippen molar-refractivity contribution in [2.24, 2.45) is 10.7 Å². The number of nitriles is 1. The lowest BCUT2D eigenvalue weighted by molar-refractivity contribution is -0.135. The number of nitrogens with two attached hydrogens (primary N) is 1. The van der Waals surface area contributed by atoms with Crippen LogP contribution in [-0.2, 0) is 16.0 Å². The van der Waals surface area contributed by atoms with E-state index >= 15 is 0 Å². The molecule has 1 fully saturated rings. The van der Waals surface area contributed by atoms with Crippen molar-refractivity contribution >= 4 is 45.2 Å². The number of likely N-dealkylation sites (tertiary alicyclic amines) is 1. The average molecular weight is 609 g/mol. The number of carbonyl (C=O) groups excluding carboxylic acids is 2. The van der Waals surface area contributed by atoms with Crippen LogP contribution in [0.15, 0.2) is 76.1 Å². The molecule has 1 saturated heterocycles. The van der Waals surface area contributed by atoms with Gasteiger partial charge in [-0.3, -0.25) is 14.9 Å². The van der Waals surface area contributed by atoms with E-state index in [-0.39, 0.29) is 24.3 Å². The maximum Gasteiger partial charge on any atom is 0.239 e. The van der Waals surface area contributed by atoms with E-state index in [0.29, 0.717) is 25.2 Å². The predicted molar refractivity (Wildman–Crippen MR) is 183 cm³/mol. The van der Waals surface area contributed by atoms with Crippen LogP contribution < -0.4 is 16.4 Å². The topological polar surface area (TPSA) is 137 Å². The number of nitrogens with one attached hydrogen (secondary N) is 2. The number of benzene rings is 3. The van der Waals surface area contributed by atoms with Gasteiger partial charge in [-0.15, -0.1) is 12.8 Å². The molecule has 1 aliphatic heterocycles. The molecule has 0 atom stereocenters. The quantitative estimate of drug-likeness (QED) is 0.0770. The molecule has 0 unspecified atom stereocenters. The van der Waals surface area contributed by atoms with Crippen LogP contribution in [0.3, 0.4) is 0 Å². The standard InChI is InChI=1S/C20H24N2O2.C11H10N4O.C3H8.C2H2/c23-19(15-22-13-5-1-2-8-20(22)24)21-12-11-16-9-10-17-6-3-4-7-18(17)14-16;1-7-4-8-5-9(2-3-10(8)16-7)15-11(13)14-6-12;1-3-2;1-2/h3-4,6-7,9-10,14H,1-2,5,8,11-13,15H2,(H,21,23);2-5H,1H3,(H3,13,14,15);3H2,1-2H3;1-2H. The van der Waals surface area contributed by atoms with Crippen molar-refractivity contribution in [1.82, 2.24) is 15.5 Å². The lowest BCUT2D eigenvalue weighted by Crippen LogP contribution is -2.41.